The SMILES string of the molecule is NCCNC(=O)C1CCCN(c2ncc([N+](=O)[O-])cc2Br)C1. The first-order chi connectivity index (χ1) is 10.5. The highest BCUT2D eigenvalue weighted by Crippen LogP contribution is 2.30. The summed E-state index contributed by atoms with van der Waals surface area (Å²) in [5.74, 6) is 0.499. The van der Waals surface area contributed by atoms with Gasteiger partial charge in [-0.1, -0.05) is 0 Å². The molecule has 120 valence electrons. The van der Waals surface area contributed by atoms with E-state index in [1.165, 1.54) is 12.3 Å². The van der Waals surface area contributed by atoms with Crippen molar-refractivity contribution < 1.29 is 9.72 Å². The first-order valence-electron chi connectivity index (χ1n) is 7.05. The minimum absolute atomic E-state index is 0.00631. The number of rotatable bonds is 5. The largest absolute Gasteiger partial charge is 0.355 e. The number of nitrogens with zero attached hydrogens (tertiary/aromatic N) is 3. The molecule has 3 N–H and O–H groups in total. The van der Waals surface area contributed by atoms with Crippen LogP contribution in [0.3, 0.4) is 0 Å². The van der Waals surface area contributed by atoms with Crippen molar-refractivity contribution >= 4 is 33.3 Å². The molecule has 0 aliphatic carbocycles. The Labute approximate surface area is 136 Å². The van der Waals surface area contributed by atoms with Crippen LogP contribution in [0, 0.1) is 16.0 Å². The van der Waals surface area contributed by atoms with Gasteiger partial charge in [0.15, 0.2) is 0 Å². The monoisotopic (exact) mass is 371 g/mol. The second-order valence-electron chi connectivity index (χ2n) is 5.12. The Bertz CT molecular complexity index is 569. The maximum absolute atomic E-state index is 12.0. The van der Waals surface area contributed by atoms with E-state index in [9.17, 15) is 14.9 Å². The summed E-state index contributed by atoms with van der Waals surface area (Å²) in [6.07, 6.45) is 2.92. The first-order valence-corrected chi connectivity index (χ1v) is 7.85. The summed E-state index contributed by atoms with van der Waals surface area (Å²) in [5.41, 5.74) is 5.32. The zero-order valence-electron chi connectivity index (χ0n) is 12.0. The van der Waals surface area contributed by atoms with Gasteiger partial charge in [0.1, 0.15) is 12.0 Å². The summed E-state index contributed by atoms with van der Waals surface area (Å²) in [5, 5.41) is 13.6. The number of piperidine rings is 1. The van der Waals surface area contributed by atoms with Gasteiger partial charge in [-0.3, -0.25) is 14.9 Å². The fourth-order valence-corrected chi connectivity index (χ4v) is 3.06. The summed E-state index contributed by atoms with van der Waals surface area (Å²) in [6, 6.07) is 1.43. The lowest BCUT2D eigenvalue weighted by Gasteiger charge is -2.33. The number of carbonyl (C=O) groups is 1. The average Bonchev–Trinajstić information content (AvgIpc) is 2.52. The van der Waals surface area contributed by atoms with E-state index in [4.69, 9.17) is 5.73 Å². The molecule has 1 aromatic heterocycles. The Morgan fingerprint density at radius 3 is 3.05 bits per heavy atom. The quantitative estimate of drug-likeness (QED) is 0.590. The van der Waals surface area contributed by atoms with Gasteiger partial charge in [-0.25, -0.2) is 4.98 Å². The smallest absolute Gasteiger partial charge is 0.288 e. The Kier molecular flexibility index (Phi) is 5.67. The molecule has 1 fully saturated rings. The zero-order chi connectivity index (χ0) is 16.1. The molecular weight excluding hydrogens is 354 g/mol. The van der Waals surface area contributed by atoms with Gasteiger partial charge in [-0.05, 0) is 28.8 Å². The number of anilines is 1. The van der Waals surface area contributed by atoms with Gasteiger partial charge >= 0.3 is 0 Å². The van der Waals surface area contributed by atoms with Crippen LogP contribution < -0.4 is 16.0 Å². The number of nitro groups is 1. The van der Waals surface area contributed by atoms with Crippen molar-refractivity contribution in [3.8, 4) is 0 Å². The minimum atomic E-state index is -0.485. The van der Waals surface area contributed by atoms with Crippen LogP contribution >= 0.6 is 15.9 Å². The molecule has 2 heterocycles. The molecule has 1 atom stereocenters. The van der Waals surface area contributed by atoms with Crippen molar-refractivity contribution in [2.45, 2.75) is 12.8 Å². The molecule has 1 amide bonds. The topological polar surface area (TPSA) is 114 Å². The number of halogens is 1. The number of hydrogen-bond donors (Lipinski definition) is 2. The third-order valence-corrected chi connectivity index (χ3v) is 4.14. The van der Waals surface area contributed by atoms with Crippen molar-refractivity contribution in [3.63, 3.8) is 0 Å². The average molecular weight is 372 g/mol. The fourth-order valence-electron chi connectivity index (χ4n) is 2.48. The molecule has 1 aromatic rings. The highest BCUT2D eigenvalue weighted by molar-refractivity contribution is 9.10. The van der Waals surface area contributed by atoms with Gasteiger partial charge in [-0.15, -0.1) is 0 Å². The van der Waals surface area contributed by atoms with Crippen LogP contribution in [0.15, 0.2) is 16.7 Å². The number of nitrogens with two attached hydrogens (primary N) is 1. The molecule has 0 radical (unpaired) electrons. The lowest BCUT2D eigenvalue weighted by atomic mass is 9.97. The highest BCUT2D eigenvalue weighted by atomic mass is 79.9. The standard InChI is InChI=1S/C13H18BrN5O3/c14-11-6-10(19(21)22)7-17-12(11)18-5-1-2-9(8-18)13(20)16-4-3-15/h6-7,9H,1-5,8,15H2,(H,16,20). The lowest BCUT2D eigenvalue weighted by molar-refractivity contribution is -0.385. The van der Waals surface area contributed by atoms with Crippen molar-refractivity contribution in [2.24, 2.45) is 11.7 Å². The molecular formula is C13H18BrN5O3. The van der Waals surface area contributed by atoms with E-state index in [1.54, 1.807) is 0 Å². The van der Waals surface area contributed by atoms with Crippen LogP contribution in [-0.4, -0.2) is 42.0 Å². The molecule has 22 heavy (non-hydrogen) atoms. The number of aromatic nitrogens is 1. The summed E-state index contributed by atoms with van der Waals surface area (Å²) < 4.78 is 0.560. The molecule has 1 saturated heterocycles. The summed E-state index contributed by atoms with van der Waals surface area (Å²) in [6.45, 7) is 2.19. The number of pyridine rings is 1. The second-order valence-corrected chi connectivity index (χ2v) is 5.98. The van der Waals surface area contributed by atoms with E-state index in [0.717, 1.165) is 19.4 Å². The molecule has 0 saturated carbocycles. The number of carbonyl (C=O) groups excluding carboxylic acids is 1. The Balaban J connectivity index is 2.09. The van der Waals surface area contributed by atoms with E-state index >= 15 is 0 Å². The van der Waals surface area contributed by atoms with E-state index in [1.807, 2.05) is 4.90 Å². The van der Waals surface area contributed by atoms with Crippen LogP contribution in [-0.2, 0) is 4.79 Å². The van der Waals surface area contributed by atoms with Crippen molar-refractivity contribution in [3.05, 3.63) is 26.9 Å². The summed E-state index contributed by atoms with van der Waals surface area (Å²) in [7, 11) is 0. The molecule has 0 bridgehead atoms. The van der Waals surface area contributed by atoms with Gasteiger partial charge in [0, 0.05) is 32.2 Å². The van der Waals surface area contributed by atoms with Crippen molar-refractivity contribution in [1.29, 1.82) is 0 Å². The van der Waals surface area contributed by atoms with Crippen molar-refractivity contribution in [2.75, 3.05) is 31.1 Å². The molecule has 1 aliphatic heterocycles. The minimum Gasteiger partial charge on any atom is -0.355 e. The third-order valence-electron chi connectivity index (χ3n) is 3.55. The van der Waals surface area contributed by atoms with Crippen LogP contribution in [0.1, 0.15) is 12.8 Å². The molecule has 2 rings (SSSR count). The van der Waals surface area contributed by atoms with Crippen LogP contribution in [0.2, 0.25) is 0 Å². The molecule has 9 heteroatoms. The predicted octanol–water partition coefficient (Wildman–Crippen LogP) is 1.04. The first kappa shape index (κ1) is 16.6. The van der Waals surface area contributed by atoms with Gasteiger partial charge in [0.2, 0.25) is 5.91 Å². The van der Waals surface area contributed by atoms with Crippen molar-refractivity contribution in [1.82, 2.24) is 10.3 Å². The van der Waals surface area contributed by atoms with Gasteiger partial charge in [0.05, 0.1) is 15.3 Å². The molecule has 0 aromatic carbocycles. The van der Waals surface area contributed by atoms with E-state index in [2.05, 4.69) is 26.2 Å². The van der Waals surface area contributed by atoms with Gasteiger partial charge in [-0.2, -0.15) is 0 Å². The molecule has 1 unspecified atom stereocenters. The maximum Gasteiger partial charge on any atom is 0.288 e. The Hall–Kier alpha value is -1.74. The molecule has 1 aliphatic rings. The Morgan fingerprint density at radius 2 is 2.41 bits per heavy atom. The number of nitrogens with one attached hydrogen (secondary N) is 1. The maximum atomic E-state index is 12.0. The van der Waals surface area contributed by atoms with Crippen LogP contribution in [0.5, 0.6) is 0 Å². The fraction of sp³-hybridized carbons (Fsp3) is 0.538. The summed E-state index contributed by atoms with van der Waals surface area (Å²) in [4.78, 5) is 28.5. The van der Waals surface area contributed by atoms with Crippen LogP contribution in [0.4, 0.5) is 11.5 Å². The second kappa shape index (κ2) is 7.50. The predicted molar refractivity (Wildman–Crippen MR) is 85.6 cm³/mol. The Morgan fingerprint density at radius 1 is 1.64 bits per heavy atom. The normalized spacial score (nSPS) is 18.1. The summed E-state index contributed by atoms with van der Waals surface area (Å²) >= 11 is 3.32. The third kappa shape index (κ3) is 3.92. The number of amides is 1. The number of hydrogen-bond acceptors (Lipinski definition) is 6. The molecule has 0 spiro atoms. The van der Waals surface area contributed by atoms with E-state index in [-0.39, 0.29) is 17.5 Å². The van der Waals surface area contributed by atoms with E-state index in [0.29, 0.717) is 29.9 Å². The molecule has 8 nitrogen and oxygen atoms in total. The van der Waals surface area contributed by atoms with E-state index < -0.39 is 4.92 Å². The zero-order valence-corrected chi connectivity index (χ0v) is 13.6. The lowest BCUT2D eigenvalue weighted by Crippen LogP contribution is -2.44. The van der Waals surface area contributed by atoms with Gasteiger partial charge in [0.25, 0.3) is 5.69 Å². The van der Waals surface area contributed by atoms with Gasteiger partial charge < -0.3 is 16.0 Å². The van der Waals surface area contributed by atoms with Crippen LogP contribution in [0.25, 0.3) is 0 Å². The highest BCUT2D eigenvalue weighted by Gasteiger charge is 2.27.